The number of ether oxygens (including phenoxy) is 1. The number of halogens is 3. The normalized spacial score (nSPS) is 12.0. The van der Waals surface area contributed by atoms with E-state index in [-0.39, 0.29) is 22.7 Å². The third-order valence-corrected chi connectivity index (χ3v) is 7.01. The van der Waals surface area contributed by atoms with Crippen LogP contribution in [0.15, 0.2) is 71.6 Å². The zero-order chi connectivity index (χ0) is 25.8. The van der Waals surface area contributed by atoms with Crippen molar-refractivity contribution in [2.75, 3.05) is 19.0 Å². The molecule has 0 bridgehead atoms. The standard InChI is InChI=1S/C25H25F3N2O4S/c1-4-34-23-13-10-18(24(31)29-21-7-5-6-20(15-21)25(26,27)28)14-19(23)16-30(3)35(32,33)22-11-8-17(2)9-12-22/h5-15H,4,16H2,1-3H3,(H,29,31). The third kappa shape index (κ3) is 6.40. The Hall–Kier alpha value is -3.37. The molecule has 0 aromatic heterocycles. The highest BCUT2D eigenvalue weighted by Crippen LogP contribution is 2.31. The van der Waals surface area contributed by atoms with Gasteiger partial charge >= 0.3 is 6.18 Å². The highest BCUT2D eigenvalue weighted by atomic mass is 32.2. The fraction of sp³-hybridized carbons (Fsp3) is 0.240. The Morgan fingerprint density at radius 1 is 1.03 bits per heavy atom. The summed E-state index contributed by atoms with van der Waals surface area (Å²) in [5, 5.41) is 2.45. The van der Waals surface area contributed by atoms with Crippen LogP contribution in [0.2, 0.25) is 0 Å². The molecule has 0 radical (unpaired) electrons. The molecule has 0 aliphatic carbocycles. The van der Waals surface area contributed by atoms with E-state index >= 15 is 0 Å². The topological polar surface area (TPSA) is 75.7 Å². The van der Waals surface area contributed by atoms with Gasteiger partial charge in [-0.2, -0.15) is 17.5 Å². The van der Waals surface area contributed by atoms with E-state index in [0.29, 0.717) is 17.9 Å². The summed E-state index contributed by atoms with van der Waals surface area (Å²) in [6.07, 6.45) is -4.54. The number of aryl methyl sites for hydroxylation is 1. The smallest absolute Gasteiger partial charge is 0.416 e. The summed E-state index contributed by atoms with van der Waals surface area (Å²) in [5.41, 5.74) is 0.596. The Kier molecular flexibility index (Phi) is 7.86. The number of anilines is 1. The molecule has 3 rings (SSSR count). The van der Waals surface area contributed by atoms with Gasteiger partial charge in [-0.15, -0.1) is 0 Å². The number of nitrogens with zero attached hydrogens (tertiary/aromatic N) is 1. The Bertz CT molecular complexity index is 1310. The van der Waals surface area contributed by atoms with E-state index in [1.54, 1.807) is 19.1 Å². The van der Waals surface area contributed by atoms with Gasteiger partial charge in [0.15, 0.2) is 0 Å². The van der Waals surface area contributed by atoms with E-state index in [1.165, 1.54) is 49.5 Å². The van der Waals surface area contributed by atoms with Crippen molar-refractivity contribution in [2.45, 2.75) is 31.5 Å². The van der Waals surface area contributed by atoms with Gasteiger partial charge in [0, 0.05) is 30.4 Å². The molecule has 186 valence electrons. The van der Waals surface area contributed by atoms with Crippen LogP contribution in [-0.4, -0.2) is 32.3 Å². The first kappa shape index (κ1) is 26.2. The second-order valence-electron chi connectivity index (χ2n) is 7.86. The van der Waals surface area contributed by atoms with Crippen LogP contribution in [0.4, 0.5) is 18.9 Å². The zero-order valence-corrected chi connectivity index (χ0v) is 20.2. The Labute approximate surface area is 202 Å². The average Bonchev–Trinajstić information content (AvgIpc) is 2.80. The zero-order valence-electron chi connectivity index (χ0n) is 19.4. The number of amides is 1. The van der Waals surface area contributed by atoms with Crippen molar-refractivity contribution in [2.24, 2.45) is 0 Å². The largest absolute Gasteiger partial charge is 0.494 e. The summed E-state index contributed by atoms with van der Waals surface area (Å²) in [7, 11) is -2.40. The maximum Gasteiger partial charge on any atom is 0.416 e. The monoisotopic (exact) mass is 506 g/mol. The molecule has 0 saturated heterocycles. The molecule has 0 fully saturated rings. The lowest BCUT2D eigenvalue weighted by Crippen LogP contribution is -2.27. The molecular weight excluding hydrogens is 481 g/mol. The van der Waals surface area contributed by atoms with Crippen LogP contribution in [0.5, 0.6) is 5.75 Å². The van der Waals surface area contributed by atoms with Gasteiger partial charge in [-0.25, -0.2) is 8.42 Å². The number of hydrogen-bond acceptors (Lipinski definition) is 4. The molecule has 0 saturated carbocycles. The van der Waals surface area contributed by atoms with Gasteiger partial charge in [-0.1, -0.05) is 23.8 Å². The maximum atomic E-state index is 13.0. The minimum Gasteiger partial charge on any atom is -0.494 e. The number of carbonyl (C=O) groups is 1. The van der Waals surface area contributed by atoms with Gasteiger partial charge in [0.05, 0.1) is 17.1 Å². The molecule has 3 aromatic rings. The summed E-state index contributed by atoms with van der Waals surface area (Å²) >= 11 is 0. The fourth-order valence-electron chi connectivity index (χ4n) is 3.33. The Morgan fingerprint density at radius 3 is 2.34 bits per heavy atom. The molecule has 6 nitrogen and oxygen atoms in total. The average molecular weight is 507 g/mol. The summed E-state index contributed by atoms with van der Waals surface area (Å²) in [6, 6.07) is 15.2. The van der Waals surface area contributed by atoms with Crippen molar-refractivity contribution >= 4 is 21.6 Å². The van der Waals surface area contributed by atoms with Crippen molar-refractivity contribution in [3.8, 4) is 5.75 Å². The van der Waals surface area contributed by atoms with Crippen LogP contribution in [0.3, 0.4) is 0 Å². The van der Waals surface area contributed by atoms with E-state index in [9.17, 15) is 26.4 Å². The predicted molar refractivity (Wildman–Crippen MR) is 127 cm³/mol. The van der Waals surface area contributed by atoms with Gasteiger partial charge < -0.3 is 10.1 Å². The molecule has 0 spiro atoms. The number of rotatable bonds is 8. The van der Waals surface area contributed by atoms with Crippen LogP contribution in [0, 0.1) is 6.92 Å². The number of hydrogen-bond donors (Lipinski definition) is 1. The van der Waals surface area contributed by atoms with Gasteiger partial charge in [-0.05, 0) is 62.4 Å². The first-order valence-electron chi connectivity index (χ1n) is 10.7. The quantitative estimate of drug-likeness (QED) is 0.439. The van der Waals surface area contributed by atoms with E-state index in [2.05, 4.69) is 5.32 Å². The van der Waals surface area contributed by atoms with Gasteiger partial charge in [0.2, 0.25) is 10.0 Å². The van der Waals surface area contributed by atoms with Crippen molar-refractivity contribution < 1.29 is 31.1 Å². The number of nitrogens with one attached hydrogen (secondary N) is 1. The second kappa shape index (κ2) is 10.5. The maximum absolute atomic E-state index is 13.0. The third-order valence-electron chi connectivity index (χ3n) is 5.19. The van der Waals surface area contributed by atoms with E-state index in [0.717, 1.165) is 22.0 Å². The lowest BCUT2D eigenvalue weighted by atomic mass is 10.1. The minimum atomic E-state index is -4.54. The lowest BCUT2D eigenvalue weighted by Gasteiger charge is -2.20. The molecule has 0 unspecified atom stereocenters. The lowest BCUT2D eigenvalue weighted by molar-refractivity contribution is -0.137. The summed E-state index contributed by atoms with van der Waals surface area (Å²) < 4.78 is 71.7. The molecule has 35 heavy (non-hydrogen) atoms. The van der Waals surface area contributed by atoms with Gasteiger partial charge in [0.1, 0.15) is 5.75 Å². The van der Waals surface area contributed by atoms with Crippen LogP contribution in [-0.2, 0) is 22.7 Å². The summed E-state index contributed by atoms with van der Waals surface area (Å²) in [5.74, 6) is -0.244. The molecule has 10 heteroatoms. The highest BCUT2D eigenvalue weighted by molar-refractivity contribution is 7.89. The van der Waals surface area contributed by atoms with Crippen molar-refractivity contribution in [1.82, 2.24) is 4.31 Å². The molecule has 0 aliphatic rings. The van der Waals surface area contributed by atoms with Crippen LogP contribution < -0.4 is 10.1 Å². The Balaban J connectivity index is 1.87. The molecule has 3 aromatic carbocycles. The molecular formula is C25H25F3N2O4S. The first-order chi connectivity index (χ1) is 16.4. The molecule has 1 amide bonds. The second-order valence-corrected chi connectivity index (χ2v) is 9.91. The van der Waals surface area contributed by atoms with Crippen LogP contribution in [0.25, 0.3) is 0 Å². The van der Waals surface area contributed by atoms with Crippen molar-refractivity contribution in [3.63, 3.8) is 0 Å². The van der Waals surface area contributed by atoms with E-state index < -0.39 is 27.7 Å². The molecule has 1 N–H and O–H groups in total. The molecule has 0 atom stereocenters. The molecule has 0 aliphatic heterocycles. The number of alkyl halides is 3. The number of sulfonamides is 1. The Morgan fingerprint density at radius 2 is 1.71 bits per heavy atom. The highest BCUT2D eigenvalue weighted by Gasteiger charge is 2.30. The van der Waals surface area contributed by atoms with Gasteiger partial charge in [0.25, 0.3) is 5.91 Å². The predicted octanol–water partition coefficient (Wildman–Crippen LogP) is 5.49. The SMILES string of the molecule is CCOc1ccc(C(=O)Nc2cccc(C(F)(F)F)c2)cc1CN(C)S(=O)(=O)c1ccc(C)cc1. The van der Waals surface area contributed by atoms with E-state index in [4.69, 9.17) is 4.74 Å². The summed E-state index contributed by atoms with van der Waals surface area (Å²) in [6.45, 7) is 3.85. The van der Waals surface area contributed by atoms with Crippen LogP contribution >= 0.6 is 0 Å². The van der Waals surface area contributed by atoms with Crippen LogP contribution in [0.1, 0.15) is 34.0 Å². The van der Waals surface area contributed by atoms with E-state index in [1.807, 2.05) is 6.92 Å². The van der Waals surface area contributed by atoms with Crippen molar-refractivity contribution in [3.05, 3.63) is 89.0 Å². The molecule has 0 heterocycles. The summed E-state index contributed by atoms with van der Waals surface area (Å²) in [4.78, 5) is 12.9. The van der Waals surface area contributed by atoms with Gasteiger partial charge in [-0.3, -0.25) is 4.79 Å². The van der Waals surface area contributed by atoms with Crippen molar-refractivity contribution in [1.29, 1.82) is 0 Å². The fourth-order valence-corrected chi connectivity index (χ4v) is 4.48. The number of carbonyl (C=O) groups excluding carboxylic acids is 1. The number of benzene rings is 3. The first-order valence-corrected chi connectivity index (χ1v) is 12.1. The minimum absolute atomic E-state index is 0.0145.